The first-order valence-electron chi connectivity index (χ1n) is 19.7. The third-order valence-electron chi connectivity index (χ3n) is 10.6. The minimum Gasteiger partial charge on any atom is -0.457 e. The molecule has 0 fully saturated rings. The fourth-order valence-corrected chi connectivity index (χ4v) is 7.30. The Balaban J connectivity index is 1.26. The Hall–Kier alpha value is -6.34. The van der Waals surface area contributed by atoms with E-state index < -0.39 is 0 Å². The molecule has 4 aromatic carbocycles. The summed E-state index contributed by atoms with van der Waals surface area (Å²) in [5, 5.41) is 2.12. The summed E-state index contributed by atoms with van der Waals surface area (Å²) in [5.41, 5.74) is 11.3. The molecule has 0 unspecified atom stereocenters. The molecular formula is C50H49N5O2. The molecule has 0 atom stereocenters. The summed E-state index contributed by atoms with van der Waals surface area (Å²) in [6.07, 6.45) is 7.56. The summed E-state index contributed by atoms with van der Waals surface area (Å²) in [5.74, 6) is 4.13. The van der Waals surface area contributed by atoms with Gasteiger partial charge in [-0.25, -0.2) is 9.97 Å². The first-order valence-corrected chi connectivity index (χ1v) is 19.7. The molecule has 0 saturated carbocycles. The molecule has 0 radical (unpaired) electrons. The van der Waals surface area contributed by atoms with E-state index in [1.54, 1.807) is 0 Å². The van der Waals surface area contributed by atoms with Crippen molar-refractivity contribution in [2.45, 2.75) is 79.6 Å². The van der Waals surface area contributed by atoms with Gasteiger partial charge in [-0.05, 0) is 120 Å². The second kappa shape index (κ2) is 15.0. The van der Waals surface area contributed by atoms with Crippen molar-refractivity contribution in [1.82, 2.24) is 24.5 Å². The van der Waals surface area contributed by atoms with Crippen molar-refractivity contribution in [2.75, 3.05) is 0 Å². The highest BCUT2D eigenvalue weighted by atomic mass is 16.5. The Morgan fingerprint density at radius 1 is 0.526 bits per heavy atom. The highest BCUT2D eigenvalue weighted by Crippen LogP contribution is 2.41. The topological polar surface area (TPSA) is 75.0 Å². The lowest BCUT2D eigenvalue weighted by atomic mass is 9.89. The summed E-state index contributed by atoms with van der Waals surface area (Å²) < 4.78 is 15.7. The number of aromatic nitrogens is 5. The third-order valence-corrected chi connectivity index (χ3v) is 10.6. The molecule has 0 aliphatic carbocycles. The van der Waals surface area contributed by atoms with Gasteiger partial charge < -0.3 is 9.47 Å². The normalized spacial score (nSPS) is 11.9. The van der Waals surface area contributed by atoms with Crippen LogP contribution in [0, 0.1) is 13.8 Å². The second-order valence-corrected chi connectivity index (χ2v) is 16.7. The molecule has 4 heterocycles. The average molecular weight is 752 g/mol. The molecule has 0 spiro atoms. The van der Waals surface area contributed by atoms with Crippen LogP contribution in [0.5, 0.6) is 23.0 Å². The van der Waals surface area contributed by atoms with E-state index in [0.717, 1.165) is 83.6 Å². The Kier molecular flexibility index (Phi) is 9.86. The van der Waals surface area contributed by atoms with Crippen LogP contribution in [-0.2, 0) is 5.41 Å². The molecule has 7 nitrogen and oxygen atoms in total. The predicted molar refractivity (Wildman–Crippen MR) is 232 cm³/mol. The Morgan fingerprint density at radius 2 is 0.982 bits per heavy atom. The lowest BCUT2D eigenvalue weighted by molar-refractivity contribution is 0.474. The minimum atomic E-state index is -0.0887. The van der Waals surface area contributed by atoms with Crippen molar-refractivity contribution >= 4 is 21.8 Å². The van der Waals surface area contributed by atoms with Gasteiger partial charge in [0.25, 0.3) is 0 Å². The molecule has 0 aliphatic heterocycles. The smallest absolute Gasteiger partial charge is 0.234 e. The van der Waals surface area contributed by atoms with E-state index in [0.29, 0.717) is 17.4 Å². The van der Waals surface area contributed by atoms with Gasteiger partial charge in [0, 0.05) is 58.8 Å². The molecule has 0 aliphatic rings. The van der Waals surface area contributed by atoms with Crippen molar-refractivity contribution in [3.63, 3.8) is 0 Å². The van der Waals surface area contributed by atoms with Crippen molar-refractivity contribution in [3.8, 4) is 51.5 Å². The second-order valence-electron chi connectivity index (χ2n) is 16.7. The van der Waals surface area contributed by atoms with Crippen LogP contribution in [0.15, 0.2) is 122 Å². The Bertz CT molecular complexity index is 2600. The zero-order valence-electron chi connectivity index (χ0n) is 34.3. The summed E-state index contributed by atoms with van der Waals surface area (Å²) in [7, 11) is 0. The molecule has 0 N–H and O–H groups in total. The van der Waals surface area contributed by atoms with E-state index in [9.17, 15) is 0 Å². The number of hydrogen-bond donors (Lipinski definition) is 0. The maximum absolute atomic E-state index is 6.80. The number of pyridine rings is 2. The highest BCUT2D eigenvalue weighted by Gasteiger charge is 2.21. The van der Waals surface area contributed by atoms with Gasteiger partial charge in [0.2, 0.25) is 5.95 Å². The summed E-state index contributed by atoms with van der Waals surface area (Å²) in [6, 6.07) is 33.5. The Labute approximate surface area is 335 Å². The van der Waals surface area contributed by atoms with E-state index in [-0.39, 0.29) is 17.3 Å². The first-order chi connectivity index (χ1) is 27.3. The van der Waals surface area contributed by atoms with Gasteiger partial charge in [-0.1, -0.05) is 72.7 Å². The quantitative estimate of drug-likeness (QED) is 0.146. The standard InChI is InChI=1S/C50H49N5O2/c1-30(2)39-14-10-34(43-22-32(5)18-20-51-43)24-47(39)56-37-12-16-41-42-17-13-38(27-46(42)55(45(41)26-37)49-53-28-36(29-54-49)50(7,8)9)57-48-25-35(11-15-40(48)31(3)4)44-23-33(6)19-21-52-44/h10-31H,1-9H3. The SMILES string of the molecule is Cc1ccnc(-c2ccc(C(C)C)c(Oc3ccc4c5ccc(Oc6cc(-c7cc(C)ccn7)ccc6C(C)C)cc5n(-c5ncc(C(C)(C)C)cn5)c4c3)c2)c1. The fraction of sp³-hybridized carbons (Fsp3) is 0.240. The van der Waals surface area contributed by atoms with Crippen LogP contribution in [-0.4, -0.2) is 24.5 Å². The van der Waals surface area contributed by atoms with Gasteiger partial charge in [-0.15, -0.1) is 0 Å². The number of aryl methyl sites for hydroxylation is 2. The molecule has 7 heteroatoms. The molecular weight excluding hydrogens is 703 g/mol. The van der Waals surface area contributed by atoms with Crippen molar-refractivity contribution in [2.24, 2.45) is 0 Å². The van der Waals surface area contributed by atoms with E-state index in [2.05, 4.69) is 150 Å². The van der Waals surface area contributed by atoms with Crippen molar-refractivity contribution < 1.29 is 9.47 Å². The molecule has 0 bridgehead atoms. The highest BCUT2D eigenvalue weighted by molar-refractivity contribution is 6.09. The molecule has 57 heavy (non-hydrogen) atoms. The Morgan fingerprint density at radius 3 is 1.39 bits per heavy atom. The molecule has 8 rings (SSSR count). The lowest BCUT2D eigenvalue weighted by Crippen LogP contribution is -2.13. The van der Waals surface area contributed by atoms with Gasteiger partial charge in [0.05, 0.1) is 22.4 Å². The predicted octanol–water partition coefficient (Wildman–Crippen LogP) is 13.4. The number of fused-ring (bicyclic) bond motifs is 3. The van der Waals surface area contributed by atoms with E-state index >= 15 is 0 Å². The van der Waals surface area contributed by atoms with E-state index in [1.165, 1.54) is 0 Å². The number of rotatable bonds is 9. The molecule has 0 amide bonds. The molecule has 286 valence electrons. The minimum absolute atomic E-state index is 0.0887. The van der Waals surface area contributed by atoms with Gasteiger partial charge in [0.15, 0.2) is 0 Å². The molecule has 8 aromatic rings. The average Bonchev–Trinajstić information content (AvgIpc) is 3.50. The van der Waals surface area contributed by atoms with Crippen LogP contribution in [0.25, 0.3) is 50.3 Å². The van der Waals surface area contributed by atoms with Crippen LogP contribution in [0.3, 0.4) is 0 Å². The molecule has 4 aromatic heterocycles. The fourth-order valence-electron chi connectivity index (χ4n) is 7.30. The third kappa shape index (κ3) is 7.62. The van der Waals surface area contributed by atoms with Crippen LogP contribution < -0.4 is 9.47 Å². The van der Waals surface area contributed by atoms with Crippen molar-refractivity contribution in [3.05, 3.63) is 150 Å². The number of hydrogen-bond acceptors (Lipinski definition) is 6. The van der Waals surface area contributed by atoms with Gasteiger partial charge in [-0.3, -0.25) is 14.5 Å². The van der Waals surface area contributed by atoms with Crippen LogP contribution >= 0.6 is 0 Å². The summed E-state index contributed by atoms with van der Waals surface area (Å²) in [6.45, 7) is 19.4. The van der Waals surface area contributed by atoms with Crippen molar-refractivity contribution in [1.29, 1.82) is 0 Å². The summed E-state index contributed by atoms with van der Waals surface area (Å²) in [4.78, 5) is 19.2. The van der Waals surface area contributed by atoms with Gasteiger partial charge in [-0.2, -0.15) is 0 Å². The van der Waals surface area contributed by atoms with E-state index in [4.69, 9.17) is 19.4 Å². The summed E-state index contributed by atoms with van der Waals surface area (Å²) >= 11 is 0. The van der Waals surface area contributed by atoms with Gasteiger partial charge in [0.1, 0.15) is 23.0 Å². The van der Waals surface area contributed by atoms with Crippen LogP contribution in [0.2, 0.25) is 0 Å². The zero-order valence-corrected chi connectivity index (χ0v) is 34.3. The number of nitrogens with zero attached hydrogens (tertiary/aromatic N) is 5. The molecule has 0 saturated heterocycles. The largest absolute Gasteiger partial charge is 0.457 e. The number of ether oxygens (including phenoxy) is 2. The first kappa shape index (κ1) is 37.6. The maximum Gasteiger partial charge on any atom is 0.234 e. The van der Waals surface area contributed by atoms with Gasteiger partial charge >= 0.3 is 0 Å². The zero-order chi connectivity index (χ0) is 40.0. The lowest BCUT2D eigenvalue weighted by Gasteiger charge is -2.18. The van der Waals surface area contributed by atoms with Crippen LogP contribution in [0.1, 0.15) is 88.1 Å². The monoisotopic (exact) mass is 751 g/mol. The maximum atomic E-state index is 6.80. The van der Waals surface area contributed by atoms with E-state index in [1.807, 2.05) is 49.1 Å². The van der Waals surface area contributed by atoms with Crippen LogP contribution in [0.4, 0.5) is 0 Å². The number of benzene rings is 4.